The summed E-state index contributed by atoms with van der Waals surface area (Å²) < 4.78 is 0. The molecule has 2 nitrogen and oxygen atoms in total. The van der Waals surface area contributed by atoms with Crippen LogP contribution in [0.2, 0.25) is 0 Å². The second-order valence-electron chi connectivity index (χ2n) is 4.70. The van der Waals surface area contributed by atoms with Gasteiger partial charge < -0.3 is 10.3 Å². The molecule has 2 heteroatoms. The Kier molecular flexibility index (Phi) is 2.66. The van der Waals surface area contributed by atoms with Gasteiger partial charge in [0.15, 0.2) is 0 Å². The van der Waals surface area contributed by atoms with Crippen LogP contribution in [0.3, 0.4) is 0 Å². The average molecular weight is 214 g/mol. The number of nitrogens with one attached hydrogen (secondary N) is 2. The van der Waals surface area contributed by atoms with E-state index in [2.05, 4.69) is 34.6 Å². The largest absolute Gasteiger partial charge is 0.361 e. The van der Waals surface area contributed by atoms with Crippen molar-refractivity contribution in [1.29, 1.82) is 0 Å². The van der Waals surface area contributed by atoms with Crippen molar-refractivity contribution in [1.82, 2.24) is 10.3 Å². The van der Waals surface area contributed by atoms with Crippen molar-refractivity contribution in [2.45, 2.75) is 25.2 Å². The van der Waals surface area contributed by atoms with Gasteiger partial charge >= 0.3 is 0 Å². The lowest BCUT2D eigenvalue weighted by Crippen LogP contribution is -2.13. The summed E-state index contributed by atoms with van der Waals surface area (Å²) in [4.78, 5) is 3.25. The molecule has 3 rings (SSSR count). The lowest BCUT2D eigenvalue weighted by molar-refractivity contribution is 0.610. The Hall–Kier alpha value is -1.28. The maximum Gasteiger partial charge on any atom is 0.0454 e. The molecule has 0 spiro atoms. The van der Waals surface area contributed by atoms with Crippen LogP contribution < -0.4 is 5.32 Å². The van der Waals surface area contributed by atoms with Gasteiger partial charge in [-0.3, -0.25) is 0 Å². The molecule has 1 aromatic heterocycles. The van der Waals surface area contributed by atoms with Crippen LogP contribution in [0.4, 0.5) is 0 Å². The predicted octanol–water partition coefficient (Wildman–Crippen LogP) is 3.03. The summed E-state index contributed by atoms with van der Waals surface area (Å²) in [6.45, 7) is 2.35. The summed E-state index contributed by atoms with van der Waals surface area (Å²) in [5.41, 5.74) is 2.76. The molecule has 2 N–H and O–H groups in total. The number of aromatic nitrogens is 1. The molecule has 0 radical (unpaired) electrons. The molecular formula is C14H18N2. The van der Waals surface area contributed by atoms with E-state index in [1.807, 2.05) is 6.20 Å². The van der Waals surface area contributed by atoms with Crippen molar-refractivity contribution < 1.29 is 0 Å². The van der Waals surface area contributed by atoms with Crippen molar-refractivity contribution in [3.8, 4) is 0 Å². The van der Waals surface area contributed by atoms with Gasteiger partial charge in [-0.2, -0.15) is 0 Å². The van der Waals surface area contributed by atoms with Crippen molar-refractivity contribution in [2.75, 3.05) is 13.1 Å². The third kappa shape index (κ3) is 1.85. The van der Waals surface area contributed by atoms with Gasteiger partial charge in [-0.1, -0.05) is 6.07 Å². The first-order valence-electron chi connectivity index (χ1n) is 6.21. The first-order valence-corrected chi connectivity index (χ1v) is 6.21. The molecule has 84 valence electrons. The van der Waals surface area contributed by atoms with Crippen LogP contribution in [0.15, 0.2) is 30.5 Å². The number of aromatic amines is 1. The smallest absolute Gasteiger partial charge is 0.0454 e. The predicted molar refractivity (Wildman–Crippen MR) is 67.8 cm³/mol. The van der Waals surface area contributed by atoms with E-state index in [9.17, 15) is 0 Å². The molecule has 16 heavy (non-hydrogen) atoms. The Morgan fingerprint density at radius 3 is 3.06 bits per heavy atom. The molecule has 1 fully saturated rings. The second kappa shape index (κ2) is 4.30. The van der Waals surface area contributed by atoms with Crippen molar-refractivity contribution in [3.63, 3.8) is 0 Å². The molecule has 1 saturated heterocycles. The molecule has 0 bridgehead atoms. The van der Waals surface area contributed by atoms with Gasteiger partial charge in [-0.15, -0.1) is 0 Å². The maximum atomic E-state index is 3.47. The van der Waals surface area contributed by atoms with Crippen molar-refractivity contribution >= 4 is 10.9 Å². The Morgan fingerprint density at radius 2 is 2.06 bits per heavy atom. The van der Waals surface area contributed by atoms with Crippen molar-refractivity contribution in [3.05, 3.63) is 36.0 Å². The van der Waals surface area contributed by atoms with E-state index in [-0.39, 0.29) is 0 Å². The number of hydrogen-bond donors (Lipinski definition) is 2. The maximum absolute atomic E-state index is 3.47. The molecule has 1 aliphatic rings. The second-order valence-corrected chi connectivity index (χ2v) is 4.70. The fourth-order valence-electron chi connectivity index (χ4n) is 2.68. The third-order valence-electron chi connectivity index (χ3n) is 3.62. The highest BCUT2D eigenvalue weighted by Gasteiger charge is 2.14. The van der Waals surface area contributed by atoms with E-state index in [0.29, 0.717) is 0 Å². The SMILES string of the molecule is c1cc2cc(C3CCCNCC3)ccc2[nH]1. The van der Waals surface area contributed by atoms with E-state index in [1.54, 1.807) is 0 Å². The van der Waals surface area contributed by atoms with E-state index < -0.39 is 0 Å². The lowest BCUT2D eigenvalue weighted by atomic mass is 9.91. The topological polar surface area (TPSA) is 27.8 Å². The molecular weight excluding hydrogens is 196 g/mol. The fourth-order valence-corrected chi connectivity index (χ4v) is 2.68. The average Bonchev–Trinajstić information content (AvgIpc) is 2.61. The third-order valence-corrected chi connectivity index (χ3v) is 3.62. The molecule has 1 aliphatic heterocycles. The van der Waals surface area contributed by atoms with Crippen LogP contribution in [0, 0.1) is 0 Å². The van der Waals surface area contributed by atoms with E-state index in [0.717, 1.165) is 12.5 Å². The highest BCUT2D eigenvalue weighted by molar-refractivity contribution is 5.80. The summed E-state index contributed by atoms with van der Waals surface area (Å²) in [6.07, 6.45) is 5.91. The summed E-state index contributed by atoms with van der Waals surface area (Å²) >= 11 is 0. The van der Waals surface area contributed by atoms with Gasteiger partial charge in [0.25, 0.3) is 0 Å². The molecule has 0 aliphatic carbocycles. The van der Waals surface area contributed by atoms with Gasteiger partial charge in [0.2, 0.25) is 0 Å². The number of hydrogen-bond acceptors (Lipinski definition) is 1. The van der Waals surface area contributed by atoms with Crippen LogP contribution in [0.5, 0.6) is 0 Å². The molecule has 0 amide bonds. The highest BCUT2D eigenvalue weighted by atomic mass is 14.8. The zero-order valence-electron chi connectivity index (χ0n) is 9.50. The fraction of sp³-hybridized carbons (Fsp3) is 0.429. The Labute approximate surface area is 96.1 Å². The van der Waals surface area contributed by atoms with Crippen LogP contribution >= 0.6 is 0 Å². The number of rotatable bonds is 1. The molecule has 1 atom stereocenters. The van der Waals surface area contributed by atoms with Gasteiger partial charge in [0, 0.05) is 11.7 Å². The first kappa shape index (κ1) is 9.91. The number of fused-ring (bicyclic) bond motifs is 1. The normalized spacial score (nSPS) is 22.1. The monoisotopic (exact) mass is 214 g/mol. The van der Waals surface area contributed by atoms with E-state index in [1.165, 1.54) is 42.3 Å². The Bertz CT molecular complexity index is 464. The van der Waals surface area contributed by atoms with E-state index >= 15 is 0 Å². The summed E-state index contributed by atoms with van der Waals surface area (Å²) in [6, 6.07) is 9.01. The highest BCUT2D eigenvalue weighted by Crippen LogP contribution is 2.28. The van der Waals surface area contributed by atoms with Crippen LogP contribution in [0.25, 0.3) is 10.9 Å². The quantitative estimate of drug-likeness (QED) is 0.750. The zero-order valence-corrected chi connectivity index (χ0v) is 9.50. The Morgan fingerprint density at radius 1 is 1.06 bits per heavy atom. The summed E-state index contributed by atoms with van der Waals surface area (Å²) in [5, 5.41) is 4.82. The van der Waals surface area contributed by atoms with E-state index in [4.69, 9.17) is 0 Å². The zero-order chi connectivity index (χ0) is 10.8. The van der Waals surface area contributed by atoms with Gasteiger partial charge in [0.05, 0.1) is 0 Å². The number of benzene rings is 1. The van der Waals surface area contributed by atoms with Crippen LogP contribution in [-0.4, -0.2) is 18.1 Å². The van der Waals surface area contributed by atoms with Crippen LogP contribution in [0.1, 0.15) is 30.7 Å². The van der Waals surface area contributed by atoms with Crippen LogP contribution in [-0.2, 0) is 0 Å². The standard InChI is InChI=1S/C14H18N2/c1-2-11(5-8-15-7-1)12-3-4-14-13(10-12)6-9-16-14/h3-4,6,9-11,15-16H,1-2,5,7-8H2. The minimum atomic E-state index is 0.745. The molecule has 0 saturated carbocycles. The van der Waals surface area contributed by atoms with Gasteiger partial charge in [-0.25, -0.2) is 0 Å². The molecule has 2 aromatic rings. The van der Waals surface area contributed by atoms with Gasteiger partial charge in [-0.05, 0) is 67.4 Å². The van der Waals surface area contributed by atoms with Crippen molar-refractivity contribution in [2.24, 2.45) is 0 Å². The van der Waals surface area contributed by atoms with Gasteiger partial charge in [0.1, 0.15) is 0 Å². The lowest BCUT2D eigenvalue weighted by Gasteiger charge is -2.14. The Balaban J connectivity index is 1.91. The molecule has 2 heterocycles. The molecule has 1 aromatic carbocycles. The minimum absolute atomic E-state index is 0.745. The molecule has 1 unspecified atom stereocenters. The number of H-pyrrole nitrogens is 1. The summed E-state index contributed by atoms with van der Waals surface area (Å²) in [7, 11) is 0. The summed E-state index contributed by atoms with van der Waals surface area (Å²) in [5.74, 6) is 0.745. The minimum Gasteiger partial charge on any atom is -0.361 e. The first-order chi connectivity index (χ1) is 7.93.